The monoisotopic (exact) mass is 637 g/mol. The zero-order valence-corrected chi connectivity index (χ0v) is 26.5. The summed E-state index contributed by atoms with van der Waals surface area (Å²) in [5, 5.41) is 3.87. The molecule has 0 unspecified atom stereocenters. The Morgan fingerprint density at radius 1 is 0.902 bits per heavy atom. The summed E-state index contributed by atoms with van der Waals surface area (Å²) < 4.78 is 28.9. The summed E-state index contributed by atoms with van der Waals surface area (Å²) in [5.74, 6) is -0.931. The van der Waals surface area contributed by atoms with Crippen LogP contribution in [0.5, 0.6) is 0 Å². The molecule has 0 heterocycles. The predicted octanol–water partition coefficient (Wildman–Crippen LogP) is 6.79. The summed E-state index contributed by atoms with van der Waals surface area (Å²) in [6, 6.07) is 15.2. The van der Waals surface area contributed by atoms with Gasteiger partial charge < -0.3 is 10.2 Å². The molecule has 220 valence electrons. The van der Waals surface area contributed by atoms with E-state index in [1.165, 1.54) is 23.1 Å². The molecule has 0 aliphatic heterocycles. The minimum atomic E-state index is -4.19. The Bertz CT molecular complexity index is 1500. The van der Waals surface area contributed by atoms with Crippen molar-refractivity contribution in [3.05, 3.63) is 92.4 Å². The first-order chi connectivity index (χ1) is 19.3. The molecule has 3 aromatic carbocycles. The maximum atomic E-state index is 14.0. The Labute approximate surface area is 257 Å². The van der Waals surface area contributed by atoms with Crippen molar-refractivity contribution in [1.82, 2.24) is 10.2 Å². The summed E-state index contributed by atoms with van der Waals surface area (Å²) in [6.07, 6.45) is 1.68. The first-order valence-electron chi connectivity index (χ1n) is 13.2. The number of benzene rings is 3. The number of aryl methyl sites for hydroxylation is 2. The number of hydrogen-bond donors (Lipinski definition) is 1. The van der Waals surface area contributed by atoms with Gasteiger partial charge in [0.25, 0.3) is 10.0 Å². The average Bonchev–Trinajstić information content (AvgIpc) is 2.93. The van der Waals surface area contributed by atoms with Gasteiger partial charge >= 0.3 is 0 Å². The number of halogens is 3. The van der Waals surface area contributed by atoms with E-state index in [2.05, 4.69) is 5.32 Å². The van der Waals surface area contributed by atoms with Gasteiger partial charge in [0.15, 0.2) is 0 Å². The molecule has 0 aliphatic carbocycles. The lowest BCUT2D eigenvalue weighted by atomic mass is 10.1. The molecule has 0 saturated heterocycles. The molecule has 2 amide bonds. The second-order valence-electron chi connectivity index (χ2n) is 9.85. The number of carbonyl (C=O) groups excluding carboxylic acids is 2. The van der Waals surface area contributed by atoms with Gasteiger partial charge in [-0.25, -0.2) is 8.42 Å². The van der Waals surface area contributed by atoms with Crippen molar-refractivity contribution in [2.24, 2.45) is 0 Å². The van der Waals surface area contributed by atoms with Crippen LogP contribution in [-0.2, 0) is 26.2 Å². The number of hydrogen-bond acceptors (Lipinski definition) is 4. The number of unbranched alkanes of at least 4 members (excludes halogenated alkanes) is 1. The molecule has 0 fully saturated rings. The number of nitrogens with zero attached hydrogens (tertiary/aromatic N) is 2. The van der Waals surface area contributed by atoms with Gasteiger partial charge in [0.2, 0.25) is 11.8 Å². The maximum Gasteiger partial charge on any atom is 0.264 e. The maximum absolute atomic E-state index is 14.0. The minimum absolute atomic E-state index is 0.00512. The molecule has 11 heteroatoms. The fraction of sp³-hybridized carbons (Fsp3) is 0.333. The second kappa shape index (κ2) is 14.4. The topological polar surface area (TPSA) is 86.8 Å². The molecule has 1 N–H and O–H groups in total. The zero-order chi connectivity index (χ0) is 30.3. The molecule has 3 rings (SSSR count). The number of amides is 2. The highest BCUT2D eigenvalue weighted by Gasteiger charge is 2.32. The largest absolute Gasteiger partial charge is 0.354 e. The number of sulfonamides is 1. The Morgan fingerprint density at radius 2 is 1.59 bits per heavy atom. The molecule has 0 bridgehead atoms. The smallest absolute Gasteiger partial charge is 0.264 e. The molecule has 7 nitrogen and oxygen atoms in total. The van der Waals surface area contributed by atoms with Crippen LogP contribution in [0.3, 0.4) is 0 Å². The van der Waals surface area contributed by atoms with E-state index in [-0.39, 0.29) is 23.0 Å². The van der Waals surface area contributed by atoms with Crippen LogP contribution in [0, 0.1) is 13.8 Å². The van der Waals surface area contributed by atoms with Gasteiger partial charge in [-0.2, -0.15) is 0 Å². The standard InChI is InChI=1S/C30H34Cl3N3O4S/c1-5-6-15-34-30(38)22(4)35(18-23-10-14-26(31)28(33)16-23)29(37)19-36(24-11-9-21(3)27(32)17-24)41(39,40)25-12-7-20(2)8-13-25/h7-14,16-17,22H,5-6,15,18-19H2,1-4H3,(H,34,38)/t22-/m0/s1. The molecule has 0 aromatic heterocycles. The van der Waals surface area contributed by atoms with Gasteiger partial charge in [0, 0.05) is 18.1 Å². The first-order valence-corrected chi connectivity index (χ1v) is 15.8. The van der Waals surface area contributed by atoms with E-state index < -0.39 is 28.5 Å². The van der Waals surface area contributed by atoms with E-state index in [4.69, 9.17) is 34.8 Å². The van der Waals surface area contributed by atoms with Crippen LogP contribution >= 0.6 is 34.8 Å². The van der Waals surface area contributed by atoms with Gasteiger partial charge in [-0.15, -0.1) is 0 Å². The van der Waals surface area contributed by atoms with Crippen LogP contribution in [0.1, 0.15) is 43.4 Å². The van der Waals surface area contributed by atoms with Gasteiger partial charge in [-0.1, -0.05) is 78.0 Å². The van der Waals surface area contributed by atoms with E-state index >= 15 is 0 Å². The van der Waals surface area contributed by atoms with E-state index in [0.29, 0.717) is 27.2 Å². The number of nitrogens with one attached hydrogen (secondary N) is 1. The molecule has 3 aromatic rings. The van der Waals surface area contributed by atoms with E-state index in [1.54, 1.807) is 56.3 Å². The van der Waals surface area contributed by atoms with Crippen LogP contribution in [0.25, 0.3) is 0 Å². The molecule has 0 radical (unpaired) electrons. The van der Waals surface area contributed by atoms with Gasteiger partial charge in [0.05, 0.1) is 20.6 Å². The summed E-state index contributed by atoms with van der Waals surface area (Å²) in [7, 11) is -4.19. The lowest BCUT2D eigenvalue weighted by molar-refractivity contribution is -0.139. The highest BCUT2D eigenvalue weighted by atomic mass is 35.5. The fourth-order valence-corrected chi connectivity index (χ4v) is 5.96. The first kappa shape index (κ1) is 32.7. The van der Waals surface area contributed by atoms with Crippen molar-refractivity contribution in [3.8, 4) is 0 Å². The molecule has 0 aliphatic rings. The van der Waals surface area contributed by atoms with Gasteiger partial charge in [0.1, 0.15) is 12.6 Å². The number of rotatable bonds is 12. The molecule has 1 atom stereocenters. The van der Waals surface area contributed by atoms with Crippen molar-refractivity contribution < 1.29 is 18.0 Å². The second-order valence-corrected chi connectivity index (χ2v) is 12.9. The highest BCUT2D eigenvalue weighted by molar-refractivity contribution is 7.92. The Hall–Kier alpha value is -2.78. The molecule has 0 saturated carbocycles. The molecular formula is C30H34Cl3N3O4S. The van der Waals surface area contributed by atoms with Crippen LogP contribution in [0.15, 0.2) is 65.6 Å². The average molecular weight is 639 g/mol. The molecule has 0 spiro atoms. The van der Waals surface area contributed by atoms with Crippen molar-refractivity contribution in [2.75, 3.05) is 17.4 Å². The van der Waals surface area contributed by atoms with Crippen molar-refractivity contribution in [2.45, 2.75) is 58.0 Å². The van der Waals surface area contributed by atoms with Crippen molar-refractivity contribution in [3.63, 3.8) is 0 Å². The SMILES string of the molecule is CCCCNC(=O)[C@H](C)N(Cc1ccc(Cl)c(Cl)c1)C(=O)CN(c1ccc(C)c(Cl)c1)S(=O)(=O)c1ccc(C)cc1. The van der Waals surface area contributed by atoms with Crippen LogP contribution in [0.2, 0.25) is 15.1 Å². The highest BCUT2D eigenvalue weighted by Crippen LogP contribution is 2.29. The summed E-state index contributed by atoms with van der Waals surface area (Å²) in [5.41, 5.74) is 2.50. The number of anilines is 1. The van der Waals surface area contributed by atoms with E-state index in [9.17, 15) is 18.0 Å². The third-order valence-electron chi connectivity index (χ3n) is 6.67. The third kappa shape index (κ3) is 8.38. The quantitative estimate of drug-likeness (QED) is 0.221. The Kier molecular flexibility index (Phi) is 11.5. The van der Waals surface area contributed by atoms with Gasteiger partial charge in [-0.3, -0.25) is 13.9 Å². The van der Waals surface area contributed by atoms with Crippen LogP contribution < -0.4 is 9.62 Å². The summed E-state index contributed by atoms with van der Waals surface area (Å²) >= 11 is 18.7. The summed E-state index contributed by atoms with van der Waals surface area (Å²) in [6.45, 7) is 7.17. The molecular weight excluding hydrogens is 605 g/mol. The Morgan fingerprint density at radius 3 is 2.20 bits per heavy atom. The number of carbonyl (C=O) groups is 2. The fourth-order valence-electron chi connectivity index (χ4n) is 4.06. The predicted molar refractivity (Wildman–Crippen MR) is 166 cm³/mol. The normalized spacial score (nSPS) is 12.1. The minimum Gasteiger partial charge on any atom is -0.354 e. The summed E-state index contributed by atoms with van der Waals surface area (Å²) in [4.78, 5) is 28.4. The Balaban J connectivity index is 2.04. The van der Waals surface area contributed by atoms with Crippen LogP contribution in [0.4, 0.5) is 5.69 Å². The van der Waals surface area contributed by atoms with Crippen molar-refractivity contribution in [1.29, 1.82) is 0 Å². The van der Waals surface area contributed by atoms with E-state index in [0.717, 1.165) is 28.3 Å². The van der Waals surface area contributed by atoms with Gasteiger partial charge in [-0.05, 0) is 74.7 Å². The van der Waals surface area contributed by atoms with Crippen LogP contribution in [-0.4, -0.2) is 44.3 Å². The lowest BCUT2D eigenvalue weighted by Gasteiger charge is -2.32. The lowest BCUT2D eigenvalue weighted by Crippen LogP contribution is -2.51. The zero-order valence-electron chi connectivity index (χ0n) is 23.5. The third-order valence-corrected chi connectivity index (χ3v) is 9.60. The molecule has 41 heavy (non-hydrogen) atoms. The van der Waals surface area contributed by atoms with E-state index in [1.807, 2.05) is 13.8 Å². The van der Waals surface area contributed by atoms with Crippen molar-refractivity contribution >= 4 is 62.3 Å².